The van der Waals surface area contributed by atoms with E-state index < -0.39 is 5.97 Å². The highest BCUT2D eigenvalue weighted by molar-refractivity contribution is 5.81. The standard InChI is InChI=1S/C13H26N2O4/c1-5-11(6-2)15(8-9-18-4)13(17)14-10-12(16)19-7-3/h11H,5-10H2,1-4H3,(H,14,17). The van der Waals surface area contributed by atoms with E-state index in [4.69, 9.17) is 9.47 Å². The number of rotatable bonds is 9. The summed E-state index contributed by atoms with van der Waals surface area (Å²) in [5.74, 6) is -0.424. The minimum atomic E-state index is -0.424. The molecule has 0 radical (unpaired) electrons. The van der Waals surface area contributed by atoms with Crippen molar-refractivity contribution in [3.63, 3.8) is 0 Å². The Bertz CT molecular complexity index is 267. The Morgan fingerprint density at radius 1 is 1.21 bits per heavy atom. The minimum absolute atomic E-state index is 0.101. The smallest absolute Gasteiger partial charge is 0.325 e. The highest BCUT2D eigenvalue weighted by Gasteiger charge is 2.21. The van der Waals surface area contributed by atoms with Crippen molar-refractivity contribution in [2.45, 2.75) is 39.7 Å². The zero-order valence-electron chi connectivity index (χ0n) is 12.4. The number of hydrogen-bond donors (Lipinski definition) is 1. The normalized spacial score (nSPS) is 10.4. The van der Waals surface area contributed by atoms with Crippen LogP contribution in [0.4, 0.5) is 4.79 Å². The number of carbonyl (C=O) groups is 2. The van der Waals surface area contributed by atoms with Crippen LogP contribution in [0.25, 0.3) is 0 Å². The summed E-state index contributed by atoms with van der Waals surface area (Å²) in [6.45, 7) is 7.00. The summed E-state index contributed by atoms with van der Waals surface area (Å²) in [5.41, 5.74) is 0. The van der Waals surface area contributed by atoms with Gasteiger partial charge >= 0.3 is 12.0 Å². The van der Waals surface area contributed by atoms with Gasteiger partial charge in [0.2, 0.25) is 0 Å². The van der Waals surface area contributed by atoms with Crippen molar-refractivity contribution >= 4 is 12.0 Å². The largest absolute Gasteiger partial charge is 0.465 e. The van der Waals surface area contributed by atoms with Crippen molar-refractivity contribution < 1.29 is 19.1 Å². The summed E-state index contributed by atoms with van der Waals surface area (Å²) in [5, 5.41) is 2.58. The molecule has 0 atom stereocenters. The van der Waals surface area contributed by atoms with Gasteiger partial charge in [-0.2, -0.15) is 0 Å². The second kappa shape index (κ2) is 10.6. The second-order valence-corrected chi connectivity index (χ2v) is 4.12. The van der Waals surface area contributed by atoms with E-state index in [0.29, 0.717) is 19.8 Å². The predicted molar refractivity (Wildman–Crippen MR) is 73.0 cm³/mol. The van der Waals surface area contributed by atoms with Gasteiger partial charge in [-0.3, -0.25) is 4.79 Å². The summed E-state index contributed by atoms with van der Waals surface area (Å²) >= 11 is 0. The second-order valence-electron chi connectivity index (χ2n) is 4.12. The number of methoxy groups -OCH3 is 1. The number of hydrogen-bond acceptors (Lipinski definition) is 4. The lowest BCUT2D eigenvalue weighted by Crippen LogP contribution is -2.48. The van der Waals surface area contributed by atoms with Gasteiger partial charge in [-0.05, 0) is 19.8 Å². The monoisotopic (exact) mass is 274 g/mol. The molecule has 0 aliphatic carbocycles. The van der Waals surface area contributed by atoms with Gasteiger partial charge in [-0.25, -0.2) is 4.79 Å². The van der Waals surface area contributed by atoms with Crippen molar-refractivity contribution in [2.24, 2.45) is 0 Å². The van der Waals surface area contributed by atoms with Crippen molar-refractivity contribution in [1.29, 1.82) is 0 Å². The van der Waals surface area contributed by atoms with Gasteiger partial charge in [0, 0.05) is 19.7 Å². The van der Waals surface area contributed by atoms with Crippen LogP contribution in [0.2, 0.25) is 0 Å². The molecule has 0 aromatic rings. The molecule has 0 spiro atoms. The van der Waals surface area contributed by atoms with E-state index in [2.05, 4.69) is 5.32 Å². The third-order valence-corrected chi connectivity index (χ3v) is 2.87. The molecule has 0 rings (SSSR count). The van der Waals surface area contributed by atoms with E-state index in [1.165, 1.54) is 0 Å². The first-order valence-corrected chi connectivity index (χ1v) is 6.79. The predicted octanol–water partition coefficient (Wildman–Crippen LogP) is 1.40. The van der Waals surface area contributed by atoms with Gasteiger partial charge in [0.25, 0.3) is 0 Å². The molecule has 1 N–H and O–H groups in total. The summed E-state index contributed by atoms with van der Waals surface area (Å²) in [6, 6.07) is -0.101. The first-order chi connectivity index (χ1) is 9.10. The fourth-order valence-corrected chi connectivity index (χ4v) is 1.83. The molecule has 0 fully saturated rings. The van der Waals surface area contributed by atoms with Crippen molar-refractivity contribution in [3.05, 3.63) is 0 Å². The van der Waals surface area contributed by atoms with Crippen LogP contribution < -0.4 is 5.32 Å². The van der Waals surface area contributed by atoms with Gasteiger partial charge in [-0.15, -0.1) is 0 Å². The molecule has 6 nitrogen and oxygen atoms in total. The van der Waals surface area contributed by atoms with E-state index >= 15 is 0 Å². The lowest BCUT2D eigenvalue weighted by molar-refractivity contribution is -0.141. The summed E-state index contributed by atoms with van der Waals surface area (Å²) in [6.07, 6.45) is 1.74. The Hall–Kier alpha value is -1.30. The number of nitrogens with zero attached hydrogens (tertiary/aromatic N) is 1. The van der Waals surface area contributed by atoms with Crippen molar-refractivity contribution in [1.82, 2.24) is 10.2 Å². The number of amides is 2. The lowest BCUT2D eigenvalue weighted by Gasteiger charge is -2.30. The maximum Gasteiger partial charge on any atom is 0.325 e. The molecule has 0 aromatic carbocycles. The average Bonchev–Trinajstić information content (AvgIpc) is 2.41. The molecule has 0 heterocycles. The summed E-state index contributed by atoms with van der Waals surface area (Å²) < 4.78 is 9.78. The first-order valence-electron chi connectivity index (χ1n) is 6.79. The molecular formula is C13H26N2O4. The molecule has 0 saturated carbocycles. The van der Waals surface area contributed by atoms with Crippen molar-refractivity contribution in [2.75, 3.05) is 33.4 Å². The molecule has 0 unspecified atom stereocenters. The van der Waals surface area contributed by atoms with E-state index in [-0.39, 0.29) is 18.6 Å². The van der Waals surface area contributed by atoms with Crippen LogP contribution in [-0.4, -0.2) is 56.4 Å². The molecule has 0 saturated heterocycles. The Kier molecular flexibility index (Phi) is 9.88. The zero-order chi connectivity index (χ0) is 14.7. The molecule has 19 heavy (non-hydrogen) atoms. The summed E-state index contributed by atoms with van der Waals surface area (Å²) in [7, 11) is 1.60. The van der Waals surface area contributed by atoms with Crippen LogP contribution in [0, 0.1) is 0 Å². The van der Waals surface area contributed by atoms with E-state index in [9.17, 15) is 9.59 Å². The van der Waals surface area contributed by atoms with Gasteiger partial charge in [0.05, 0.1) is 13.2 Å². The van der Waals surface area contributed by atoms with E-state index in [0.717, 1.165) is 12.8 Å². The van der Waals surface area contributed by atoms with E-state index in [1.807, 2.05) is 13.8 Å². The Morgan fingerprint density at radius 2 is 1.84 bits per heavy atom. The topological polar surface area (TPSA) is 67.9 Å². The minimum Gasteiger partial charge on any atom is -0.465 e. The van der Waals surface area contributed by atoms with Crippen LogP contribution in [0.1, 0.15) is 33.6 Å². The quantitative estimate of drug-likeness (QED) is 0.645. The number of nitrogens with one attached hydrogen (secondary N) is 1. The highest BCUT2D eigenvalue weighted by atomic mass is 16.5. The van der Waals surface area contributed by atoms with Gasteiger partial charge in [0.1, 0.15) is 6.54 Å². The van der Waals surface area contributed by atoms with Crippen LogP contribution in [0.15, 0.2) is 0 Å². The summed E-state index contributed by atoms with van der Waals surface area (Å²) in [4.78, 5) is 25.0. The van der Waals surface area contributed by atoms with Gasteiger partial charge in [-0.1, -0.05) is 13.8 Å². The first kappa shape index (κ1) is 17.7. The molecule has 0 aliphatic rings. The third kappa shape index (κ3) is 7.00. The van der Waals surface area contributed by atoms with Crippen LogP contribution in [0.5, 0.6) is 0 Å². The highest BCUT2D eigenvalue weighted by Crippen LogP contribution is 2.08. The fourth-order valence-electron chi connectivity index (χ4n) is 1.83. The SMILES string of the molecule is CCOC(=O)CNC(=O)N(CCOC)C(CC)CC. The zero-order valence-corrected chi connectivity index (χ0v) is 12.4. The Morgan fingerprint density at radius 3 is 2.32 bits per heavy atom. The Balaban J connectivity index is 4.40. The molecule has 0 aliphatic heterocycles. The number of carbonyl (C=O) groups excluding carboxylic acids is 2. The van der Waals surface area contributed by atoms with Gasteiger partial charge < -0.3 is 19.7 Å². The number of ether oxygens (including phenoxy) is 2. The molecule has 2 amide bonds. The molecule has 112 valence electrons. The number of esters is 1. The Labute approximate surface area is 115 Å². The number of urea groups is 1. The average molecular weight is 274 g/mol. The maximum atomic E-state index is 12.1. The molecule has 0 aromatic heterocycles. The van der Waals surface area contributed by atoms with Crippen LogP contribution in [-0.2, 0) is 14.3 Å². The van der Waals surface area contributed by atoms with Gasteiger partial charge in [0.15, 0.2) is 0 Å². The molecule has 0 bridgehead atoms. The fraction of sp³-hybridized carbons (Fsp3) is 0.846. The van der Waals surface area contributed by atoms with E-state index in [1.54, 1.807) is 18.9 Å². The lowest BCUT2D eigenvalue weighted by atomic mass is 10.1. The molecular weight excluding hydrogens is 248 g/mol. The third-order valence-electron chi connectivity index (χ3n) is 2.87. The van der Waals surface area contributed by atoms with Crippen LogP contribution >= 0.6 is 0 Å². The van der Waals surface area contributed by atoms with Crippen molar-refractivity contribution in [3.8, 4) is 0 Å². The molecule has 6 heteroatoms. The van der Waals surface area contributed by atoms with Crippen LogP contribution in [0.3, 0.4) is 0 Å². The maximum absolute atomic E-state index is 12.1.